The van der Waals surface area contributed by atoms with Gasteiger partial charge in [0.2, 0.25) is 0 Å². The number of phosphoric acid groups is 1. The molecule has 11 heteroatoms. The van der Waals surface area contributed by atoms with Crippen molar-refractivity contribution in [2.75, 3.05) is 34.5 Å². The average Bonchev–Trinajstić information content (AvgIpc) is 3.44. The fraction of sp³-hybridized carbons (Fsp3) is 0.294. The van der Waals surface area contributed by atoms with Crippen molar-refractivity contribution in [2.24, 2.45) is 0 Å². The van der Waals surface area contributed by atoms with Crippen LogP contribution in [0.25, 0.3) is 0 Å². The Labute approximate surface area is 262 Å². The summed E-state index contributed by atoms with van der Waals surface area (Å²) in [6.45, 7) is -0.279. The first-order chi connectivity index (χ1) is 21.8. The van der Waals surface area contributed by atoms with Gasteiger partial charge in [-0.3, -0.25) is 9.05 Å². The summed E-state index contributed by atoms with van der Waals surface area (Å²) < 4.78 is 52.5. The van der Waals surface area contributed by atoms with Crippen LogP contribution in [-0.4, -0.2) is 63.1 Å². The highest BCUT2D eigenvalue weighted by molar-refractivity contribution is 7.48. The van der Waals surface area contributed by atoms with Crippen molar-refractivity contribution in [3.8, 4) is 17.2 Å². The van der Waals surface area contributed by atoms with Gasteiger partial charge in [-0.2, -0.15) is 0 Å². The Kier molecular flexibility index (Phi) is 10.6. The van der Waals surface area contributed by atoms with E-state index in [1.165, 1.54) is 7.11 Å². The van der Waals surface area contributed by atoms with Crippen LogP contribution in [0.3, 0.4) is 0 Å². The second-order valence-corrected chi connectivity index (χ2v) is 12.0. The minimum Gasteiger partial charge on any atom is -0.497 e. The number of ether oxygens (including phenoxy) is 4. The highest BCUT2D eigenvalue weighted by Crippen LogP contribution is 2.51. The molecule has 45 heavy (non-hydrogen) atoms. The van der Waals surface area contributed by atoms with Gasteiger partial charge in [-0.05, 0) is 58.7 Å². The van der Waals surface area contributed by atoms with Crippen molar-refractivity contribution in [1.82, 2.24) is 0 Å². The minimum absolute atomic E-state index is 0.0637. The molecule has 1 fully saturated rings. The zero-order valence-corrected chi connectivity index (χ0v) is 26.2. The van der Waals surface area contributed by atoms with Crippen LogP contribution < -0.4 is 14.0 Å². The first-order valence-corrected chi connectivity index (χ1v) is 15.8. The predicted octanol–water partition coefficient (Wildman–Crippen LogP) is 5.48. The van der Waals surface area contributed by atoms with Crippen molar-refractivity contribution in [1.29, 1.82) is 0 Å². The molecule has 4 aromatic rings. The van der Waals surface area contributed by atoms with Crippen LogP contribution in [0, 0.1) is 0 Å². The number of benzene rings is 4. The first-order valence-electron chi connectivity index (χ1n) is 14.4. The highest BCUT2D eigenvalue weighted by atomic mass is 31.2. The highest BCUT2D eigenvalue weighted by Gasteiger charge is 2.44. The van der Waals surface area contributed by atoms with E-state index in [1.54, 1.807) is 38.5 Å². The molecular weight excluding hydrogens is 599 g/mol. The zero-order valence-electron chi connectivity index (χ0n) is 25.3. The van der Waals surface area contributed by atoms with Gasteiger partial charge in [0.15, 0.2) is 0 Å². The maximum Gasteiger partial charge on any atom is 0.530 e. The van der Waals surface area contributed by atoms with Gasteiger partial charge in [-0.25, -0.2) is 4.57 Å². The molecule has 0 spiro atoms. The molecule has 0 bridgehead atoms. The molecule has 4 atom stereocenters. The second-order valence-electron chi connectivity index (χ2n) is 10.3. The van der Waals surface area contributed by atoms with E-state index in [-0.39, 0.29) is 19.0 Å². The van der Waals surface area contributed by atoms with Crippen LogP contribution in [0.4, 0.5) is 0 Å². The molecular formula is C34H37O10P. The third kappa shape index (κ3) is 7.24. The molecule has 0 radical (unpaired) electrons. The number of methoxy groups -OCH3 is 2. The molecule has 1 saturated heterocycles. The van der Waals surface area contributed by atoms with Gasteiger partial charge in [0.1, 0.15) is 41.2 Å². The van der Waals surface area contributed by atoms with Gasteiger partial charge >= 0.3 is 7.82 Å². The summed E-state index contributed by atoms with van der Waals surface area (Å²) in [6.07, 6.45) is -3.02. The van der Waals surface area contributed by atoms with Gasteiger partial charge < -0.3 is 33.7 Å². The largest absolute Gasteiger partial charge is 0.530 e. The van der Waals surface area contributed by atoms with Crippen LogP contribution >= 0.6 is 7.82 Å². The topological polar surface area (TPSA) is 122 Å². The van der Waals surface area contributed by atoms with Gasteiger partial charge in [0.25, 0.3) is 0 Å². The number of hydrogen-bond acceptors (Lipinski definition) is 10. The van der Waals surface area contributed by atoms with Crippen LogP contribution in [0.5, 0.6) is 17.2 Å². The van der Waals surface area contributed by atoms with Crippen LogP contribution in [0.15, 0.2) is 103 Å². The van der Waals surface area contributed by atoms with E-state index < -0.39 is 38.3 Å². The van der Waals surface area contributed by atoms with Crippen LogP contribution in [0.1, 0.15) is 22.3 Å². The SMILES string of the molecule is COc1ccc(C(OCc2ccc(OP(=O)(OC)OC3[C@H](O)CO[C@@H]3CO)cc2)(c2ccccc2)c2ccc(OC)cc2)cc1. The molecule has 1 aliphatic rings. The van der Waals surface area contributed by atoms with Crippen molar-refractivity contribution in [3.63, 3.8) is 0 Å². The van der Waals surface area contributed by atoms with Crippen LogP contribution in [-0.2, 0) is 35.3 Å². The third-order valence-corrected chi connectivity index (χ3v) is 9.03. The van der Waals surface area contributed by atoms with Gasteiger partial charge in [0, 0.05) is 7.11 Å². The van der Waals surface area contributed by atoms with Crippen molar-refractivity contribution in [2.45, 2.75) is 30.5 Å². The van der Waals surface area contributed by atoms with E-state index in [1.807, 2.05) is 78.9 Å². The lowest BCUT2D eigenvalue weighted by Crippen LogP contribution is -2.35. The molecule has 0 aromatic heterocycles. The molecule has 2 unspecified atom stereocenters. The average molecular weight is 637 g/mol. The number of phosphoric ester groups is 1. The molecule has 1 heterocycles. The lowest BCUT2D eigenvalue weighted by atomic mass is 9.80. The van der Waals surface area contributed by atoms with E-state index in [2.05, 4.69) is 0 Å². The van der Waals surface area contributed by atoms with E-state index in [4.69, 9.17) is 32.5 Å². The molecule has 238 valence electrons. The molecule has 2 N–H and O–H groups in total. The Morgan fingerprint density at radius 1 is 0.778 bits per heavy atom. The third-order valence-electron chi connectivity index (χ3n) is 7.65. The standard InChI is InChI=1S/C34H37O10P/c1-38-28-17-11-26(12-18-28)34(25-7-5-4-6-8-25,27-13-19-29(39-2)20-14-27)42-22-24-9-15-30(16-10-24)43-45(37,40-3)44-33-31(36)23-41-32(33)21-35/h4-20,31-33,35-36H,21-23H2,1-3H3/t31-,32-,33?,45?/m1/s1. The Morgan fingerprint density at radius 3 is 1.82 bits per heavy atom. The normalized spacial score (nSPS) is 19.5. The van der Waals surface area contributed by atoms with E-state index in [0.29, 0.717) is 0 Å². The monoisotopic (exact) mass is 636 g/mol. The predicted molar refractivity (Wildman–Crippen MR) is 166 cm³/mol. The second kappa shape index (κ2) is 14.6. The van der Waals surface area contributed by atoms with Crippen molar-refractivity contribution in [3.05, 3.63) is 125 Å². The molecule has 5 rings (SSSR count). The Hall–Kier alpha value is -3.73. The van der Waals surface area contributed by atoms with E-state index in [0.717, 1.165) is 33.8 Å². The van der Waals surface area contributed by atoms with Crippen molar-refractivity contribution < 1.29 is 47.3 Å². The first kappa shape index (κ1) is 32.7. The number of rotatable bonds is 14. The summed E-state index contributed by atoms with van der Waals surface area (Å²) in [5.41, 5.74) is 2.55. The number of hydrogen-bond donors (Lipinski definition) is 2. The lowest BCUT2D eigenvalue weighted by Gasteiger charge is -2.36. The molecule has 0 amide bonds. The van der Waals surface area contributed by atoms with E-state index in [9.17, 15) is 14.8 Å². The van der Waals surface area contributed by atoms with Gasteiger partial charge in [-0.1, -0.05) is 66.7 Å². The summed E-state index contributed by atoms with van der Waals surface area (Å²) in [5, 5.41) is 19.7. The van der Waals surface area contributed by atoms with Crippen molar-refractivity contribution >= 4 is 7.82 Å². The molecule has 0 aliphatic carbocycles. The summed E-state index contributed by atoms with van der Waals surface area (Å²) in [7, 11) is 0.284. The van der Waals surface area contributed by atoms with Gasteiger partial charge in [0.05, 0.1) is 34.0 Å². The lowest BCUT2D eigenvalue weighted by molar-refractivity contribution is -0.00722. The smallest absolute Gasteiger partial charge is 0.497 e. The van der Waals surface area contributed by atoms with E-state index >= 15 is 0 Å². The molecule has 0 saturated carbocycles. The fourth-order valence-electron chi connectivity index (χ4n) is 5.25. The number of aliphatic hydroxyl groups is 2. The number of aliphatic hydroxyl groups excluding tert-OH is 2. The quantitative estimate of drug-likeness (QED) is 0.136. The Bertz CT molecular complexity index is 1500. The van der Waals surface area contributed by atoms with Crippen LogP contribution in [0.2, 0.25) is 0 Å². The summed E-state index contributed by atoms with van der Waals surface area (Å²) in [5.74, 6) is 1.67. The summed E-state index contributed by atoms with van der Waals surface area (Å²) in [6, 6.07) is 32.4. The summed E-state index contributed by atoms with van der Waals surface area (Å²) >= 11 is 0. The molecule has 10 nitrogen and oxygen atoms in total. The fourth-order valence-corrected chi connectivity index (χ4v) is 6.40. The zero-order chi connectivity index (χ0) is 31.9. The molecule has 1 aliphatic heterocycles. The Morgan fingerprint density at radius 2 is 1.31 bits per heavy atom. The van der Waals surface area contributed by atoms with Gasteiger partial charge in [-0.15, -0.1) is 0 Å². The maximum absolute atomic E-state index is 13.3. The Balaban J connectivity index is 1.42. The minimum atomic E-state index is -4.15. The maximum atomic E-state index is 13.3. The summed E-state index contributed by atoms with van der Waals surface area (Å²) in [4.78, 5) is 0. The molecule has 4 aromatic carbocycles.